The molecule has 1 aliphatic rings. The average Bonchev–Trinajstić information content (AvgIpc) is 2.63. The Kier molecular flexibility index (Phi) is 6.69. The lowest BCUT2D eigenvalue weighted by atomic mass is 9.97. The van der Waals surface area contributed by atoms with Gasteiger partial charge in [0.25, 0.3) is 0 Å². The van der Waals surface area contributed by atoms with Crippen LogP contribution in [0.25, 0.3) is 0 Å². The van der Waals surface area contributed by atoms with Gasteiger partial charge in [0, 0.05) is 29.0 Å². The predicted molar refractivity (Wildman–Crippen MR) is 105 cm³/mol. The molecule has 2 aromatic rings. The van der Waals surface area contributed by atoms with Crippen LogP contribution in [0.15, 0.2) is 41.0 Å². The molecule has 1 atom stereocenters. The summed E-state index contributed by atoms with van der Waals surface area (Å²) in [6.45, 7) is 1.14. The summed E-state index contributed by atoms with van der Waals surface area (Å²) in [4.78, 5) is 30.6. The first-order valence-corrected chi connectivity index (χ1v) is 9.59. The second kappa shape index (κ2) is 9.20. The van der Waals surface area contributed by atoms with Crippen molar-refractivity contribution in [2.75, 3.05) is 30.3 Å². The van der Waals surface area contributed by atoms with Gasteiger partial charge in [-0.25, -0.2) is 13.8 Å². The van der Waals surface area contributed by atoms with Crippen molar-refractivity contribution in [3.63, 3.8) is 0 Å². The predicted octanol–water partition coefficient (Wildman–Crippen LogP) is 3.41. The molecule has 1 fully saturated rings. The first-order chi connectivity index (χ1) is 13.4. The maximum atomic E-state index is 13.2. The molecule has 0 radical (unpaired) electrons. The Bertz CT molecular complexity index is 843. The molecule has 0 aliphatic carbocycles. The highest BCUT2D eigenvalue weighted by Crippen LogP contribution is 2.19. The highest BCUT2D eigenvalue weighted by atomic mass is 79.9. The van der Waals surface area contributed by atoms with Crippen LogP contribution in [0.1, 0.15) is 12.8 Å². The summed E-state index contributed by atoms with van der Waals surface area (Å²) < 4.78 is 27.3. The molecule has 28 heavy (non-hydrogen) atoms. The van der Waals surface area contributed by atoms with E-state index in [2.05, 4.69) is 31.5 Å². The third-order valence-corrected chi connectivity index (χ3v) is 4.84. The third kappa shape index (κ3) is 5.80. The van der Waals surface area contributed by atoms with Gasteiger partial charge in [-0.2, -0.15) is 0 Å². The van der Waals surface area contributed by atoms with Gasteiger partial charge in [-0.1, -0.05) is 0 Å². The average molecular weight is 453 g/mol. The molecule has 1 aromatic heterocycles. The summed E-state index contributed by atoms with van der Waals surface area (Å²) >= 11 is 3.29. The van der Waals surface area contributed by atoms with Crippen molar-refractivity contribution in [3.05, 3.63) is 52.6 Å². The highest BCUT2D eigenvalue weighted by Gasteiger charge is 2.27. The number of nitrogens with one attached hydrogen (secondary N) is 2. The van der Waals surface area contributed by atoms with Gasteiger partial charge < -0.3 is 10.6 Å². The van der Waals surface area contributed by atoms with Crippen molar-refractivity contribution in [2.45, 2.75) is 12.8 Å². The number of benzene rings is 1. The third-order valence-electron chi connectivity index (χ3n) is 4.37. The van der Waals surface area contributed by atoms with Gasteiger partial charge in [-0.3, -0.25) is 14.5 Å². The Morgan fingerprint density at radius 2 is 1.93 bits per heavy atom. The van der Waals surface area contributed by atoms with E-state index in [0.29, 0.717) is 18.9 Å². The zero-order chi connectivity index (χ0) is 20.1. The topological polar surface area (TPSA) is 74.3 Å². The molecule has 6 nitrogen and oxygen atoms in total. The summed E-state index contributed by atoms with van der Waals surface area (Å²) in [7, 11) is 0. The van der Waals surface area contributed by atoms with Gasteiger partial charge in [0.15, 0.2) is 0 Å². The molecule has 0 spiro atoms. The van der Waals surface area contributed by atoms with Gasteiger partial charge in [-0.05, 0) is 59.6 Å². The lowest BCUT2D eigenvalue weighted by molar-refractivity contribution is -0.123. The quantitative estimate of drug-likeness (QED) is 0.728. The number of pyridine rings is 1. The molecule has 1 unspecified atom stereocenters. The van der Waals surface area contributed by atoms with Crippen LogP contribution in [0, 0.1) is 17.6 Å². The van der Waals surface area contributed by atoms with Crippen LogP contribution in [0.5, 0.6) is 0 Å². The summed E-state index contributed by atoms with van der Waals surface area (Å²) in [5.74, 6) is -1.85. The van der Waals surface area contributed by atoms with Gasteiger partial charge in [-0.15, -0.1) is 0 Å². The van der Waals surface area contributed by atoms with E-state index >= 15 is 0 Å². The van der Waals surface area contributed by atoms with Crippen LogP contribution in [0.3, 0.4) is 0 Å². The Labute approximate surface area is 169 Å². The summed E-state index contributed by atoms with van der Waals surface area (Å²) in [5, 5.41) is 5.27. The molecule has 1 saturated heterocycles. The van der Waals surface area contributed by atoms with E-state index in [1.165, 1.54) is 0 Å². The number of aromatic nitrogens is 1. The van der Waals surface area contributed by atoms with E-state index in [0.717, 1.165) is 35.5 Å². The maximum absolute atomic E-state index is 13.2. The van der Waals surface area contributed by atoms with Crippen LogP contribution in [0.4, 0.5) is 20.3 Å². The van der Waals surface area contributed by atoms with Gasteiger partial charge in [0.1, 0.15) is 17.5 Å². The maximum Gasteiger partial charge on any atom is 0.238 e. The fraction of sp³-hybridized carbons (Fsp3) is 0.316. The zero-order valence-corrected chi connectivity index (χ0v) is 16.5. The number of piperidine rings is 1. The smallest absolute Gasteiger partial charge is 0.238 e. The molecule has 148 valence electrons. The van der Waals surface area contributed by atoms with E-state index in [9.17, 15) is 18.4 Å². The van der Waals surface area contributed by atoms with Crippen molar-refractivity contribution in [1.82, 2.24) is 9.88 Å². The molecule has 3 rings (SSSR count). The number of carbonyl (C=O) groups is 2. The SMILES string of the molecule is O=C(CN1CCCC(C(=O)Nc2ccc(Br)cn2)C1)Nc1cc(F)cc(F)c1. The summed E-state index contributed by atoms with van der Waals surface area (Å²) in [6.07, 6.45) is 3.09. The van der Waals surface area contributed by atoms with Gasteiger partial charge >= 0.3 is 0 Å². The molecular weight excluding hydrogens is 434 g/mol. The Hall–Kier alpha value is -2.39. The van der Waals surface area contributed by atoms with Crippen LogP contribution in [-0.4, -0.2) is 41.3 Å². The molecule has 2 amide bonds. The second-order valence-corrected chi connectivity index (χ2v) is 7.55. The van der Waals surface area contributed by atoms with E-state index in [-0.39, 0.29) is 30.0 Å². The number of hydrogen-bond acceptors (Lipinski definition) is 4. The summed E-state index contributed by atoms with van der Waals surface area (Å²) in [6, 6.07) is 6.34. The number of nitrogens with zero attached hydrogens (tertiary/aromatic N) is 2. The van der Waals surface area contributed by atoms with E-state index in [1.807, 2.05) is 4.90 Å². The standard InChI is InChI=1S/C19H19BrF2N4O2/c20-13-3-4-17(23-9-13)25-19(28)12-2-1-5-26(10-12)11-18(27)24-16-7-14(21)6-15(22)8-16/h3-4,6-9,12H,1-2,5,10-11H2,(H,24,27)(H,23,25,28). The lowest BCUT2D eigenvalue weighted by Crippen LogP contribution is -2.44. The molecule has 9 heteroatoms. The van der Waals surface area contributed by atoms with Crippen LogP contribution in [0.2, 0.25) is 0 Å². The van der Waals surface area contributed by atoms with Crippen molar-refractivity contribution >= 4 is 39.2 Å². The molecule has 1 aromatic carbocycles. The van der Waals surface area contributed by atoms with E-state index in [4.69, 9.17) is 0 Å². The lowest BCUT2D eigenvalue weighted by Gasteiger charge is -2.31. The first-order valence-electron chi connectivity index (χ1n) is 8.80. The Morgan fingerprint density at radius 1 is 1.18 bits per heavy atom. The fourth-order valence-electron chi connectivity index (χ4n) is 3.12. The number of anilines is 2. The van der Waals surface area contributed by atoms with Crippen molar-refractivity contribution in [3.8, 4) is 0 Å². The van der Waals surface area contributed by atoms with Crippen molar-refractivity contribution < 1.29 is 18.4 Å². The Morgan fingerprint density at radius 3 is 2.61 bits per heavy atom. The molecular formula is C19H19BrF2N4O2. The Balaban J connectivity index is 1.53. The molecule has 2 N–H and O–H groups in total. The highest BCUT2D eigenvalue weighted by molar-refractivity contribution is 9.10. The first kappa shape index (κ1) is 20.3. The van der Waals surface area contributed by atoms with Gasteiger partial charge in [0.05, 0.1) is 12.5 Å². The molecule has 0 saturated carbocycles. The number of amides is 2. The molecule has 2 heterocycles. The number of carbonyl (C=O) groups excluding carboxylic acids is 2. The van der Waals surface area contributed by atoms with Crippen molar-refractivity contribution in [2.24, 2.45) is 5.92 Å². The largest absolute Gasteiger partial charge is 0.325 e. The van der Waals surface area contributed by atoms with Gasteiger partial charge in [0.2, 0.25) is 11.8 Å². The zero-order valence-electron chi connectivity index (χ0n) is 14.9. The fourth-order valence-corrected chi connectivity index (χ4v) is 3.36. The summed E-state index contributed by atoms with van der Waals surface area (Å²) in [5.41, 5.74) is 0.0649. The number of hydrogen-bond donors (Lipinski definition) is 2. The minimum atomic E-state index is -0.758. The number of halogens is 3. The van der Waals surface area contributed by atoms with Crippen LogP contribution >= 0.6 is 15.9 Å². The van der Waals surface area contributed by atoms with Crippen LogP contribution in [-0.2, 0) is 9.59 Å². The van der Waals surface area contributed by atoms with Crippen molar-refractivity contribution in [1.29, 1.82) is 0 Å². The molecule has 1 aliphatic heterocycles. The van der Waals surface area contributed by atoms with E-state index in [1.54, 1.807) is 18.3 Å². The van der Waals surface area contributed by atoms with Crippen LogP contribution < -0.4 is 10.6 Å². The monoisotopic (exact) mass is 452 g/mol. The minimum Gasteiger partial charge on any atom is -0.325 e. The second-order valence-electron chi connectivity index (χ2n) is 6.63. The normalized spacial score (nSPS) is 17.2. The number of likely N-dealkylation sites (tertiary alicyclic amines) is 1. The number of rotatable bonds is 5. The minimum absolute atomic E-state index is 0.0401. The molecule has 0 bridgehead atoms. The van der Waals surface area contributed by atoms with E-state index < -0.39 is 11.6 Å².